The lowest BCUT2D eigenvalue weighted by molar-refractivity contribution is 0.0212. The molecule has 9 nitrogen and oxygen atoms in total. The average molecular weight is 721 g/mol. The summed E-state index contributed by atoms with van der Waals surface area (Å²) in [7, 11) is 0. The molecule has 6 rings (SSSR count). The number of H-pyrrole nitrogens is 1. The van der Waals surface area contributed by atoms with Crippen LogP contribution in [-0.4, -0.2) is 68.0 Å². The summed E-state index contributed by atoms with van der Waals surface area (Å²) < 4.78 is 11.4. The molecule has 50 heavy (non-hydrogen) atoms. The van der Waals surface area contributed by atoms with Crippen LogP contribution in [0.4, 0.5) is 9.59 Å². The Balaban J connectivity index is 1.13. The molecule has 0 bridgehead atoms. The van der Waals surface area contributed by atoms with Crippen molar-refractivity contribution in [3.05, 3.63) is 70.2 Å². The smallest absolute Gasteiger partial charge is 0.410 e. The topological polar surface area (TPSA) is 100 Å². The zero-order valence-corrected chi connectivity index (χ0v) is 31.7. The van der Waals surface area contributed by atoms with Crippen molar-refractivity contribution in [3.63, 3.8) is 0 Å². The minimum Gasteiger partial charge on any atom is -0.444 e. The highest BCUT2D eigenvalue weighted by Gasteiger charge is 2.41. The van der Waals surface area contributed by atoms with E-state index < -0.39 is 11.2 Å². The van der Waals surface area contributed by atoms with E-state index >= 15 is 0 Å². The second-order valence-corrected chi connectivity index (χ2v) is 16.7. The van der Waals surface area contributed by atoms with Crippen molar-refractivity contribution in [1.82, 2.24) is 19.8 Å². The normalized spacial score (nSPS) is 22.7. The van der Waals surface area contributed by atoms with Crippen LogP contribution < -0.4 is 0 Å². The molecule has 3 aromatic rings. The Bertz CT molecular complexity index is 1820. The molecule has 0 radical (unpaired) electrons. The molecule has 4 heterocycles. The number of halogens is 2. The number of aromatic nitrogens is 2. The molecule has 2 saturated heterocycles. The number of imidazole rings is 1. The summed E-state index contributed by atoms with van der Waals surface area (Å²) in [5.41, 5.74) is 5.34. The molecule has 0 aliphatic carbocycles. The first kappa shape index (κ1) is 36.0. The van der Waals surface area contributed by atoms with Crippen LogP contribution in [0.3, 0.4) is 0 Å². The van der Waals surface area contributed by atoms with Gasteiger partial charge in [0.2, 0.25) is 0 Å². The first-order chi connectivity index (χ1) is 23.5. The van der Waals surface area contributed by atoms with Crippen LogP contribution in [0.15, 0.2) is 58.7 Å². The maximum atomic E-state index is 13.0. The van der Waals surface area contributed by atoms with Crippen molar-refractivity contribution < 1.29 is 19.1 Å². The first-order valence-corrected chi connectivity index (χ1v) is 18.1. The summed E-state index contributed by atoms with van der Waals surface area (Å²) in [6, 6.07) is 16.0. The van der Waals surface area contributed by atoms with Crippen LogP contribution in [0, 0.1) is 11.8 Å². The molecule has 2 amide bonds. The third kappa shape index (κ3) is 7.89. The van der Waals surface area contributed by atoms with Gasteiger partial charge in [-0.25, -0.2) is 19.6 Å². The molecular formula is C39H47Cl2N5O4. The predicted octanol–water partition coefficient (Wildman–Crippen LogP) is 10.1. The number of benzene rings is 2. The Kier molecular flexibility index (Phi) is 9.87. The maximum Gasteiger partial charge on any atom is 0.410 e. The van der Waals surface area contributed by atoms with Gasteiger partial charge in [-0.15, -0.1) is 0 Å². The number of likely N-dealkylation sites (tertiary alicyclic amines) is 2. The molecule has 266 valence electrons. The number of nitrogens with zero attached hydrogens (tertiary/aromatic N) is 4. The third-order valence-electron chi connectivity index (χ3n) is 9.23. The minimum atomic E-state index is -0.582. The standard InChI is InChI=1S/C39H47Cl2N5O4/c1-22-17-30(45(20-22)36(47)49-38(3,4)5)29-19-28(33(40)42-29)26-13-9-24(10-14-26)25-11-15-27(16-12-25)32-34(41)44-35(43-32)31-18-23(2)21-46(31)37(48)50-39(6,7)8/h9-16,22-23,30-31H,17-21H2,1-8H3,(H,43,44)/t22-,23-,30-,31-/m0/s1. The van der Waals surface area contributed by atoms with Gasteiger partial charge in [0.05, 0.1) is 12.1 Å². The second kappa shape index (κ2) is 13.7. The van der Waals surface area contributed by atoms with Gasteiger partial charge in [-0.05, 0) is 82.9 Å². The van der Waals surface area contributed by atoms with E-state index in [1.807, 2.05) is 53.7 Å². The zero-order valence-electron chi connectivity index (χ0n) is 30.1. The SMILES string of the molecule is C[C@H]1C[C@@H](C2=NC(Cl)=C(c3ccc(-c4ccc(-c5nc([C@@H]6C[C@H](C)CN6C(=O)OC(C)(C)C)[nH]c5Cl)cc4)cc3)C2)N(C(=O)OC(C)(C)C)C1. The molecule has 1 aromatic heterocycles. The maximum absolute atomic E-state index is 13.0. The second-order valence-electron chi connectivity index (χ2n) is 16.0. The van der Waals surface area contributed by atoms with Gasteiger partial charge >= 0.3 is 12.2 Å². The van der Waals surface area contributed by atoms with Crippen LogP contribution >= 0.6 is 23.2 Å². The van der Waals surface area contributed by atoms with Gasteiger partial charge in [0.25, 0.3) is 0 Å². The number of aromatic amines is 1. The Morgan fingerprint density at radius 3 is 1.72 bits per heavy atom. The fraction of sp³-hybridized carbons (Fsp3) is 0.487. The van der Waals surface area contributed by atoms with E-state index in [-0.39, 0.29) is 24.3 Å². The van der Waals surface area contributed by atoms with Crippen LogP contribution in [0.25, 0.3) is 28.0 Å². The molecule has 2 aromatic carbocycles. The number of carbonyl (C=O) groups excluding carboxylic acids is 2. The Morgan fingerprint density at radius 2 is 1.20 bits per heavy atom. The van der Waals surface area contributed by atoms with Gasteiger partial charge in [-0.3, -0.25) is 9.80 Å². The van der Waals surface area contributed by atoms with E-state index in [0.29, 0.717) is 53.2 Å². The number of hydrogen-bond acceptors (Lipinski definition) is 6. The number of allylic oxidation sites excluding steroid dienone is 1. The number of rotatable bonds is 5. The van der Waals surface area contributed by atoms with Crippen molar-refractivity contribution in [2.45, 2.75) is 97.9 Å². The van der Waals surface area contributed by atoms with Gasteiger partial charge in [0.1, 0.15) is 33.0 Å². The average Bonchev–Trinajstić information content (AvgIpc) is 3.80. The molecular weight excluding hydrogens is 673 g/mol. The summed E-state index contributed by atoms with van der Waals surface area (Å²) in [5, 5.41) is 0.905. The molecule has 2 fully saturated rings. The number of aliphatic imine (C=N–C) groups is 1. The molecule has 1 N–H and O–H groups in total. The Labute approximate surface area is 305 Å². The van der Waals surface area contributed by atoms with E-state index in [1.165, 1.54) is 0 Å². The monoisotopic (exact) mass is 719 g/mol. The van der Waals surface area contributed by atoms with Gasteiger partial charge in [-0.2, -0.15) is 0 Å². The molecule has 4 atom stereocenters. The van der Waals surface area contributed by atoms with Gasteiger partial charge in [0, 0.05) is 36.4 Å². The number of hydrogen-bond donors (Lipinski definition) is 1. The summed E-state index contributed by atoms with van der Waals surface area (Å²) in [6.45, 7) is 16.8. The highest BCUT2D eigenvalue weighted by molar-refractivity contribution is 6.35. The molecule has 11 heteroatoms. The number of nitrogens with one attached hydrogen (secondary N) is 1. The summed E-state index contributed by atoms with van der Waals surface area (Å²) >= 11 is 13.4. The molecule has 0 unspecified atom stereocenters. The van der Waals surface area contributed by atoms with Crippen LogP contribution in [0.2, 0.25) is 5.15 Å². The summed E-state index contributed by atoms with van der Waals surface area (Å²) in [5.74, 6) is 1.32. The number of ether oxygens (including phenoxy) is 2. The van der Waals surface area contributed by atoms with Gasteiger partial charge < -0.3 is 14.5 Å². The van der Waals surface area contributed by atoms with Crippen molar-refractivity contribution in [2.75, 3.05) is 13.1 Å². The number of amides is 2. The largest absolute Gasteiger partial charge is 0.444 e. The van der Waals surface area contributed by atoms with Crippen molar-refractivity contribution >= 4 is 46.7 Å². The van der Waals surface area contributed by atoms with E-state index in [0.717, 1.165) is 46.4 Å². The quantitative estimate of drug-likeness (QED) is 0.265. The highest BCUT2D eigenvalue weighted by Crippen LogP contribution is 2.40. The lowest BCUT2D eigenvalue weighted by Crippen LogP contribution is -2.43. The van der Waals surface area contributed by atoms with E-state index in [4.69, 9.17) is 42.7 Å². The summed E-state index contributed by atoms with van der Waals surface area (Å²) in [6.07, 6.45) is 1.55. The van der Waals surface area contributed by atoms with E-state index in [9.17, 15) is 9.59 Å². The fourth-order valence-electron chi connectivity index (χ4n) is 7.01. The molecule has 3 aliphatic rings. The van der Waals surface area contributed by atoms with Crippen LogP contribution in [0.5, 0.6) is 0 Å². The molecule has 3 aliphatic heterocycles. The van der Waals surface area contributed by atoms with Gasteiger partial charge in [0.15, 0.2) is 0 Å². The van der Waals surface area contributed by atoms with E-state index in [2.05, 4.69) is 55.2 Å². The Hall–Kier alpha value is -3.82. The molecule has 0 saturated carbocycles. The minimum absolute atomic E-state index is 0.131. The highest BCUT2D eigenvalue weighted by atomic mass is 35.5. The predicted molar refractivity (Wildman–Crippen MR) is 199 cm³/mol. The van der Waals surface area contributed by atoms with Crippen molar-refractivity contribution in [3.8, 4) is 22.4 Å². The van der Waals surface area contributed by atoms with Crippen LogP contribution in [-0.2, 0) is 9.47 Å². The number of carbonyl (C=O) groups is 2. The van der Waals surface area contributed by atoms with Crippen LogP contribution in [0.1, 0.15) is 92.1 Å². The van der Waals surface area contributed by atoms with E-state index in [1.54, 1.807) is 9.80 Å². The Morgan fingerprint density at radius 1 is 0.740 bits per heavy atom. The fourth-order valence-corrected chi connectivity index (χ4v) is 7.55. The lowest BCUT2D eigenvalue weighted by atomic mass is 9.95. The lowest BCUT2D eigenvalue weighted by Gasteiger charge is -2.28. The third-order valence-corrected chi connectivity index (χ3v) is 9.81. The first-order valence-electron chi connectivity index (χ1n) is 17.4. The van der Waals surface area contributed by atoms with Gasteiger partial charge in [-0.1, -0.05) is 85.6 Å². The zero-order chi connectivity index (χ0) is 36.1. The van der Waals surface area contributed by atoms with Crippen molar-refractivity contribution in [1.29, 1.82) is 0 Å². The molecule has 0 spiro atoms. The van der Waals surface area contributed by atoms with Crippen molar-refractivity contribution in [2.24, 2.45) is 16.8 Å². The summed E-state index contributed by atoms with van der Waals surface area (Å²) in [4.78, 5) is 42.4.